The Bertz CT molecular complexity index is 635. The molecule has 1 saturated heterocycles. The van der Waals surface area contributed by atoms with Crippen molar-refractivity contribution in [1.29, 1.82) is 0 Å². The number of aryl methyl sites for hydroxylation is 2. The van der Waals surface area contributed by atoms with Crippen molar-refractivity contribution in [2.24, 2.45) is 10.9 Å². The van der Waals surface area contributed by atoms with Crippen molar-refractivity contribution in [1.82, 2.24) is 4.90 Å². The molecule has 1 heterocycles. The molecule has 1 unspecified atom stereocenters. The summed E-state index contributed by atoms with van der Waals surface area (Å²) in [5.41, 5.74) is 2.74. The number of hydrogen-bond donors (Lipinski definition) is 0. The highest BCUT2D eigenvalue weighted by atomic mass is 32.2. The zero-order chi connectivity index (χ0) is 18.6. The van der Waals surface area contributed by atoms with E-state index in [2.05, 4.69) is 25.7 Å². The molecule has 0 aliphatic carbocycles. The van der Waals surface area contributed by atoms with Crippen LogP contribution in [0.1, 0.15) is 51.2 Å². The van der Waals surface area contributed by atoms with Crippen LogP contribution in [0.3, 0.4) is 0 Å². The van der Waals surface area contributed by atoms with E-state index >= 15 is 0 Å². The molecule has 1 fully saturated rings. The summed E-state index contributed by atoms with van der Waals surface area (Å²) in [6.45, 7) is 11.6. The van der Waals surface area contributed by atoms with Gasteiger partial charge < -0.3 is 4.90 Å². The maximum Gasteiger partial charge on any atom is 0.270 e. The Morgan fingerprint density at radius 1 is 1.36 bits per heavy atom. The minimum atomic E-state index is -0.340. The lowest BCUT2D eigenvalue weighted by atomic mass is 10.0. The van der Waals surface area contributed by atoms with Gasteiger partial charge in [-0.05, 0) is 43.7 Å². The molecule has 0 aromatic heterocycles. The molecule has 1 aliphatic heterocycles. The predicted molar refractivity (Wildman–Crippen MR) is 107 cm³/mol. The molecule has 25 heavy (non-hydrogen) atoms. The topological polar surface area (TPSA) is 58.7 Å². The monoisotopic (exact) mass is 363 g/mol. The standard InChI is InChI=1S/C19H29N3O2S/c1-6-7-8-21-17(9-13(2)3)12-25-19(21)20-18-14(4)10-16(22(23)24)11-15(18)5/h10-11,13,17H,6-9,12H2,1-5H3. The number of benzene rings is 1. The van der Waals surface area contributed by atoms with Crippen molar-refractivity contribution in [3.63, 3.8) is 0 Å². The number of nitrogens with zero attached hydrogens (tertiary/aromatic N) is 3. The lowest BCUT2D eigenvalue weighted by molar-refractivity contribution is -0.384. The van der Waals surface area contributed by atoms with Crippen molar-refractivity contribution in [2.45, 2.75) is 59.9 Å². The number of non-ortho nitro benzene ring substituents is 1. The zero-order valence-corrected chi connectivity index (χ0v) is 16.7. The van der Waals surface area contributed by atoms with Gasteiger partial charge in [-0.15, -0.1) is 0 Å². The quantitative estimate of drug-likeness (QED) is 0.476. The Balaban J connectivity index is 2.33. The molecule has 0 amide bonds. The Hall–Kier alpha value is -1.56. The molecule has 0 bridgehead atoms. The molecule has 0 spiro atoms. The van der Waals surface area contributed by atoms with Crippen molar-refractivity contribution >= 4 is 28.3 Å². The number of nitro benzene ring substituents is 1. The number of unbranched alkanes of at least 4 members (excludes halogenated alkanes) is 1. The van der Waals surface area contributed by atoms with Gasteiger partial charge in [-0.3, -0.25) is 10.1 Å². The number of hydrogen-bond acceptors (Lipinski definition) is 4. The second kappa shape index (κ2) is 8.70. The normalized spacial score (nSPS) is 19.2. The minimum absolute atomic E-state index is 0.138. The smallest absolute Gasteiger partial charge is 0.270 e. The van der Waals surface area contributed by atoms with Crippen LogP contribution in [0.25, 0.3) is 0 Å². The number of amidine groups is 1. The average Bonchev–Trinajstić information content (AvgIpc) is 2.89. The van der Waals surface area contributed by atoms with E-state index in [0.717, 1.165) is 40.7 Å². The van der Waals surface area contributed by atoms with Crippen molar-refractivity contribution < 1.29 is 4.92 Å². The lowest BCUT2D eigenvalue weighted by Gasteiger charge is -2.27. The Labute approximate surface area is 155 Å². The summed E-state index contributed by atoms with van der Waals surface area (Å²) in [5, 5.41) is 12.1. The van der Waals surface area contributed by atoms with Crippen molar-refractivity contribution in [3.05, 3.63) is 33.4 Å². The van der Waals surface area contributed by atoms with Crippen molar-refractivity contribution in [3.8, 4) is 0 Å². The summed E-state index contributed by atoms with van der Waals surface area (Å²) in [5.74, 6) is 1.74. The molecule has 1 aromatic carbocycles. The fraction of sp³-hybridized carbons (Fsp3) is 0.632. The summed E-state index contributed by atoms with van der Waals surface area (Å²) in [7, 11) is 0. The van der Waals surface area contributed by atoms with Crippen LogP contribution in [0.15, 0.2) is 17.1 Å². The number of rotatable bonds is 7. The van der Waals surface area contributed by atoms with Crippen LogP contribution in [-0.2, 0) is 0 Å². The molecule has 6 heteroatoms. The molecule has 0 saturated carbocycles. The number of aliphatic imine (C=N–C) groups is 1. The molecule has 1 aromatic rings. The van der Waals surface area contributed by atoms with E-state index in [0.29, 0.717) is 12.0 Å². The van der Waals surface area contributed by atoms with Crippen LogP contribution in [0.4, 0.5) is 11.4 Å². The van der Waals surface area contributed by atoms with E-state index in [1.807, 2.05) is 25.6 Å². The molecule has 1 aliphatic rings. The van der Waals surface area contributed by atoms with E-state index < -0.39 is 0 Å². The molecular formula is C19H29N3O2S. The highest BCUT2D eigenvalue weighted by Crippen LogP contribution is 2.34. The third-order valence-corrected chi connectivity index (χ3v) is 5.62. The largest absolute Gasteiger partial charge is 0.347 e. The van der Waals surface area contributed by atoms with Crippen LogP contribution in [0.2, 0.25) is 0 Å². The van der Waals surface area contributed by atoms with Gasteiger partial charge in [0.2, 0.25) is 0 Å². The second-order valence-electron chi connectivity index (χ2n) is 7.22. The van der Waals surface area contributed by atoms with Crippen LogP contribution < -0.4 is 0 Å². The Morgan fingerprint density at radius 2 is 2.00 bits per heavy atom. The molecule has 0 N–H and O–H groups in total. The van der Waals surface area contributed by atoms with E-state index in [-0.39, 0.29) is 10.6 Å². The summed E-state index contributed by atoms with van der Waals surface area (Å²) >= 11 is 1.82. The van der Waals surface area contributed by atoms with Gasteiger partial charge in [-0.2, -0.15) is 0 Å². The summed E-state index contributed by atoms with van der Waals surface area (Å²) in [6.07, 6.45) is 3.50. The Morgan fingerprint density at radius 3 is 2.52 bits per heavy atom. The van der Waals surface area contributed by atoms with Crippen LogP contribution in [0.5, 0.6) is 0 Å². The molecule has 2 rings (SSSR count). The van der Waals surface area contributed by atoms with E-state index in [1.54, 1.807) is 12.1 Å². The summed E-state index contributed by atoms with van der Waals surface area (Å²) in [4.78, 5) is 18.1. The van der Waals surface area contributed by atoms with Crippen LogP contribution in [-0.4, -0.2) is 33.3 Å². The van der Waals surface area contributed by atoms with Gasteiger partial charge in [-0.1, -0.05) is 39.0 Å². The van der Waals surface area contributed by atoms with E-state index in [4.69, 9.17) is 4.99 Å². The third kappa shape index (κ3) is 4.97. The highest BCUT2D eigenvalue weighted by molar-refractivity contribution is 8.14. The molecule has 0 radical (unpaired) electrons. The molecule has 5 nitrogen and oxygen atoms in total. The second-order valence-corrected chi connectivity index (χ2v) is 8.21. The minimum Gasteiger partial charge on any atom is -0.347 e. The molecular weight excluding hydrogens is 334 g/mol. The first-order valence-corrected chi connectivity index (χ1v) is 10.1. The maximum atomic E-state index is 11.0. The lowest BCUT2D eigenvalue weighted by Crippen LogP contribution is -2.35. The van der Waals surface area contributed by atoms with E-state index in [1.165, 1.54) is 12.8 Å². The van der Waals surface area contributed by atoms with Gasteiger partial charge in [0.1, 0.15) is 0 Å². The van der Waals surface area contributed by atoms with E-state index in [9.17, 15) is 10.1 Å². The van der Waals surface area contributed by atoms with Crippen molar-refractivity contribution in [2.75, 3.05) is 12.3 Å². The van der Waals surface area contributed by atoms with Crippen LogP contribution in [0, 0.1) is 29.9 Å². The fourth-order valence-corrected chi connectivity index (χ4v) is 4.47. The summed E-state index contributed by atoms with van der Waals surface area (Å²) in [6, 6.07) is 3.77. The van der Waals surface area contributed by atoms with Gasteiger partial charge in [-0.25, -0.2) is 4.99 Å². The summed E-state index contributed by atoms with van der Waals surface area (Å²) < 4.78 is 0. The fourth-order valence-electron chi connectivity index (χ4n) is 3.25. The highest BCUT2D eigenvalue weighted by Gasteiger charge is 2.30. The predicted octanol–water partition coefficient (Wildman–Crippen LogP) is 5.46. The Kier molecular flexibility index (Phi) is 6.87. The van der Waals surface area contributed by atoms with Gasteiger partial charge >= 0.3 is 0 Å². The van der Waals surface area contributed by atoms with Gasteiger partial charge in [0.05, 0.1) is 10.6 Å². The number of thioether (sulfide) groups is 1. The first-order valence-electron chi connectivity index (χ1n) is 9.07. The molecule has 1 atom stereocenters. The first-order chi connectivity index (χ1) is 11.8. The average molecular weight is 364 g/mol. The number of nitro groups is 1. The maximum absolute atomic E-state index is 11.0. The SMILES string of the molecule is CCCCN1C(=Nc2c(C)cc([N+](=O)[O-])cc2C)SCC1CC(C)C. The molecule has 138 valence electrons. The van der Waals surface area contributed by atoms with Gasteiger partial charge in [0.25, 0.3) is 5.69 Å². The zero-order valence-electron chi connectivity index (χ0n) is 15.9. The third-order valence-electron chi connectivity index (χ3n) is 4.48. The first kappa shape index (κ1) is 19.8. The van der Waals surface area contributed by atoms with Crippen LogP contribution >= 0.6 is 11.8 Å². The van der Waals surface area contributed by atoms with Gasteiger partial charge in [0.15, 0.2) is 5.17 Å². The van der Waals surface area contributed by atoms with Gasteiger partial charge in [0, 0.05) is 30.5 Å².